The lowest BCUT2D eigenvalue weighted by Gasteiger charge is -2.09. The third-order valence-electron chi connectivity index (χ3n) is 3.68. The second-order valence-electron chi connectivity index (χ2n) is 6.02. The summed E-state index contributed by atoms with van der Waals surface area (Å²) in [6.45, 7) is 2.54. The molecule has 0 fully saturated rings. The molecular weight excluding hydrogens is 366 g/mol. The Bertz CT molecular complexity index is 706. The molecule has 0 saturated carbocycles. The van der Waals surface area contributed by atoms with E-state index in [0.29, 0.717) is 26.0 Å². The molecule has 2 aromatic rings. The molecule has 2 aromatic carbocycles. The summed E-state index contributed by atoms with van der Waals surface area (Å²) in [5.41, 5.74) is 7.16. The Kier molecular flexibility index (Phi) is 9.93. The molecule has 0 aliphatic heterocycles. The fourth-order valence-electron chi connectivity index (χ4n) is 2.22. The van der Waals surface area contributed by atoms with Crippen LogP contribution in [0.2, 0.25) is 0 Å². The van der Waals surface area contributed by atoms with Crippen LogP contribution in [-0.4, -0.2) is 24.5 Å². The Morgan fingerprint density at radius 2 is 1.74 bits per heavy atom. The van der Waals surface area contributed by atoms with E-state index < -0.39 is 6.04 Å². The van der Waals surface area contributed by atoms with Crippen LogP contribution in [0.4, 0.5) is 5.69 Å². The second kappa shape index (κ2) is 11.9. The highest BCUT2D eigenvalue weighted by atomic mass is 35.5. The molecule has 0 aliphatic carbocycles. The normalized spacial score (nSPS) is 11.0. The van der Waals surface area contributed by atoms with Crippen LogP contribution in [0.25, 0.3) is 0 Å². The van der Waals surface area contributed by atoms with Gasteiger partial charge in [0.25, 0.3) is 0 Å². The van der Waals surface area contributed by atoms with E-state index in [1.807, 2.05) is 54.6 Å². The van der Waals surface area contributed by atoms with Crippen LogP contribution in [0.15, 0.2) is 54.6 Å². The molecule has 0 radical (unpaired) electrons. The van der Waals surface area contributed by atoms with Crippen LogP contribution in [0.5, 0.6) is 5.75 Å². The van der Waals surface area contributed by atoms with Crippen molar-refractivity contribution in [2.24, 2.45) is 5.73 Å². The van der Waals surface area contributed by atoms with E-state index in [1.54, 1.807) is 6.92 Å². The molecule has 0 unspecified atom stereocenters. The summed E-state index contributed by atoms with van der Waals surface area (Å²) in [6.07, 6.45) is 1.03. The lowest BCUT2D eigenvalue weighted by molar-refractivity contribution is -0.122. The first kappa shape index (κ1) is 22.5. The molecule has 2 rings (SSSR count). The zero-order valence-corrected chi connectivity index (χ0v) is 16.1. The highest BCUT2D eigenvalue weighted by molar-refractivity contribution is 5.90. The zero-order valence-electron chi connectivity index (χ0n) is 15.3. The summed E-state index contributed by atoms with van der Waals surface area (Å²) in [5, 5.41) is 5.59. The maximum Gasteiger partial charge on any atom is 0.236 e. The molecule has 146 valence electrons. The van der Waals surface area contributed by atoms with Crippen LogP contribution >= 0.6 is 12.4 Å². The molecule has 0 heterocycles. The van der Waals surface area contributed by atoms with Crippen LogP contribution in [0.3, 0.4) is 0 Å². The molecule has 0 bridgehead atoms. The number of para-hydroxylation sites is 1. The van der Waals surface area contributed by atoms with Gasteiger partial charge in [-0.3, -0.25) is 9.59 Å². The average molecular weight is 392 g/mol. The molecule has 0 aliphatic rings. The number of benzene rings is 2. The van der Waals surface area contributed by atoms with E-state index in [-0.39, 0.29) is 24.2 Å². The smallest absolute Gasteiger partial charge is 0.236 e. The Labute approximate surface area is 165 Å². The largest absolute Gasteiger partial charge is 0.494 e. The van der Waals surface area contributed by atoms with Gasteiger partial charge in [0.15, 0.2) is 0 Å². The zero-order chi connectivity index (χ0) is 18.8. The summed E-state index contributed by atoms with van der Waals surface area (Å²) in [7, 11) is 0. The topological polar surface area (TPSA) is 93.5 Å². The molecule has 0 saturated heterocycles. The minimum Gasteiger partial charge on any atom is -0.494 e. The highest BCUT2D eigenvalue weighted by Crippen LogP contribution is 2.11. The summed E-state index contributed by atoms with van der Waals surface area (Å²) in [4.78, 5) is 23.4. The summed E-state index contributed by atoms with van der Waals surface area (Å²) < 4.78 is 5.56. The van der Waals surface area contributed by atoms with E-state index in [0.717, 1.165) is 17.0 Å². The lowest BCUT2D eigenvalue weighted by Crippen LogP contribution is -2.37. The number of carbonyl (C=O) groups is 2. The lowest BCUT2D eigenvalue weighted by atomic mass is 10.2. The van der Waals surface area contributed by atoms with Crippen LogP contribution < -0.4 is 21.1 Å². The molecule has 0 aromatic heterocycles. The molecule has 6 nitrogen and oxygen atoms in total. The first-order chi connectivity index (χ1) is 12.5. The van der Waals surface area contributed by atoms with Crippen molar-refractivity contribution < 1.29 is 14.3 Å². The van der Waals surface area contributed by atoms with Gasteiger partial charge in [-0.25, -0.2) is 0 Å². The molecular formula is C20H26ClN3O3. The number of ether oxygens (including phenoxy) is 1. The van der Waals surface area contributed by atoms with Gasteiger partial charge in [-0.1, -0.05) is 30.3 Å². The van der Waals surface area contributed by atoms with Crippen molar-refractivity contribution >= 4 is 29.9 Å². The van der Waals surface area contributed by atoms with Crippen molar-refractivity contribution in [3.05, 3.63) is 60.2 Å². The number of hydrogen-bond acceptors (Lipinski definition) is 4. The number of carbonyl (C=O) groups excluding carboxylic acids is 2. The molecule has 1 atom stereocenters. The van der Waals surface area contributed by atoms with Gasteiger partial charge in [-0.15, -0.1) is 12.4 Å². The Morgan fingerprint density at radius 1 is 1.07 bits per heavy atom. The predicted octanol–water partition coefficient (Wildman–Crippen LogP) is 2.87. The highest BCUT2D eigenvalue weighted by Gasteiger charge is 2.07. The number of nitrogens with one attached hydrogen (secondary N) is 2. The minimum atomic E-state index is -0.528. The molecule has 7 heteroatoms. The van der Waals surface area contributed by atoms with Crippen molar-refractivity contribution in [1.29, 1.82) is 0 Å². The SMILES string of the molecule is C[C@H](N)C(=O)NCc1ccc(NC(=O)CCCOc2ccccc2)cc1.Cl. The van der Waals surface area contributed by atoms with Crippen LogP contribution in [0, 0.1) is 0 Å². The standard InChI is InChI=1S/C20H25N3O3.ClH/c1-15(21)20(25)22-14-16-9-11-17(12-10-16)23-19(24)8-5-13-26-18-6-3-2-4-7-18;/h2-4,6-7,9-12,15H,5,8,13-14,21H2,1H3,(H,22,25)(H,23,24);1H/t15-;/m0./s1. The first-order valence-corrected chi connectivity index (χ1v) is 8.64. The predicted molar refractivity (Wildman–Crippen MR) is 109 cm³/mol. The number of amides is 2. The van der Waals surface area contributed by atoms with Crippen LogP contribution in [0.1, 0.15) is 25.3 Å². The number of nitrogens with two attached hydrogens (primary N) is 1. The molecule has 27 heavy (non-hydrogen) atoms. The van der Waals surface area contributed by atoms with Gasteiger partial charge in [0.2, 0.25) is 11.8 Å². The van der Waals surface area contributed by atoms with E-state index in [4.69, 9.17) is 10.5 Å². The number of anilines is 1. The third-order valence-corrected chi connectivity index (χ3v) is 3.68. The van der Waals surface area contributed by atoms with Gasteiger partial charge in [0, 0.05) is 18.7 Å². The third kappa shape index (κ3) is 8.57. The molecule has 2 amide bonds. The van der Waals surface area contributed by atoms with Gasteiger partial charge in [-0.2, -0.15) is 0 Å². The number of halogens is 1. The van der Waals surface area contributed by atoms with Crippen molar-refractivity contribution in [2.45, 2.75) is 32.4 Å². The summed E-state index contributed by atoms with van der Waals surface area (Å²) in [5.74, 6) is 0.555. The molecule has 0 spiro atoms. The fraction of sp³-hybridized carbons (Fsp3) is 0.300. The van der Waals surface area contributed by atoms with Crippen molar-refractivity contribution in [3.63, 3.8) is 0 Å². The Hall–Kier alpha value is -2.57. The van der Waals surface area contributed by atoms with Gasteiger partial charge in [-0.05, 0) is 43.2 Å². The summed E-state index contributed by atoms with van der Waals surface area (Å²) >= 11 is 0. The van der Waals surface area contributed by atoms with E-state index >= 15 is 0 Å². The monoisotopic (exact) mass is 391 g/mol. The number of hydrogen-bond donors (Lipinski definition) is 3. The Morgan fingerprint density at radius 3 is 2.37 bits per heavy atom. The fourth-order valence-corrected chi connectivity index (χ4v) is 2.22. The van der Waals surface area contributed by atoms with Crippen molar-refractivity contribution in [2.75, 3.05) is 11.9 Å². The summed E-state index contributed by atoms with van der Waals surface area (Å²) in [6, 6.07) is 16.3. The second-order valence-corrected chi connectivity index (χ2v) is 6.02. The van der Waals surface area contributed by atoms with Crippen molar-refractivity contribution in [1.82, 2.24) is 5.32 Å². The number of rotatable bonds is 9. The first-order valence-electron chi connectivity index (χ1n) is 8.64. The van der Waals surface area contributed by atoms with Crippen molar-refractivity contribution in [3.8, 4) is 5.75 Å². The minimum absolute atomic E-state index is 0. The van der Waals surface area contributed by atoms with Crippen LogP contribution in [-0.2, 0) is 16.1 Å². The maximum absolute atomic E-state index is 12.0. The van der Waals surface area contributed by atoms with E-state index in [9.17, 15) is 9.59 Å². The molecule has 4 N–H and O–H groups in total. The van der Waals surface area contributed by atoms with E-state index in [1.165, 1.54) is 0 Å². The van der Waals surface area contributed by atoms with Gasteiger partial charge in [0.1, 0.15) is 5.75 Å². The van der Waals surface area contributed by atoms with Gasteiger partial charge >= 0.3 is 0 Å². The van der Waals surface area contributed by atoms with E-state index in [2.05, 4.69) is 10.6 Å². The van der Waals surface area contributed by atoms with Gasteiger partial charge in [0.05, 0.1) is 12.6 Å². The quantitative estimate of drug-likeness (QED) is 0.573. The maximum atomic E-state index is 12.0. The van der Waals surface area contributed by atoms with Gasteiger partial charge < -0.3 is 21.1 Å². The average Bonchev–Trinajstić information content (AvgIpc) is 2.65. The Balaban J connectivity index is 0.00000364.